The minimum absolute atomic E-state index is 0.0280. The lowest BCUT2D eigenvalue weighted by molar-refractivity contribution is -0.124. The molecule has 5 rings (SSSR count). The molecule has 3 aromatic rings. The summed E-state index contributed by atoms with van der Waals surface area (Å²) in [6.45, 7) is 6.81. The Bertz CT molecular complexity index is 1200. The van der Waals surface area contributed by atoms with Crippen LogP contribution in [-0.2, 0) is 23.2 Å². The normalized spacial score (nSPS) is 18.9. The van der Waals surface area contributed by atoms with Crippen molar-refractivity contribution in [3.8, 4) is 11.3 Å². The predicted molar refractivity (Wildman–Crippen MR) is 134 cm³/mol. The van der Waals surface area contributed by atoms with Crippen molar-refractivity contribution in [2.75, 3.05) is 37.6 Å². The molecule has 4 heterocycles. The Morgan fingerprint density at radius 2 is 2.09 bits per heavy atom. The number of hydrogen-bond donors (Lipinski definition) is 1. The molecule has 0 aliphatic carbocycles. The minimum atomic E-state index is -0.123. The van der Waals surface area contributed by atoms with Crippen molar-refractivity contribution in [3.63, 3.8) is 0 Å². The third-order valence-corrected chi connectivity index (χ3v) is 7.06. The van der Waals surface area contributed by atoms with Crippen LogP contribution in [0.3, 0.4) is 0 Å². The fourth-order valence-corrected chi connectivity index (χ4v) is 5.32. The standard InChI is InChI=1S/C26H34N6O2/c1-19-7-5-12-30(16-19)13-6-11-27-24(33)18-31-25-15-22(28-32(25)14-10-26(31)34)21-17-29(2)23-9-4-3-8-20(21)23/h3-4,8-9,15,17,19H,5-7,10-14,16,18H2,1-2H3,(H,27,33)/t19-/m1/s1. The summed E-state index contributed by atoms with van der Waals surface area (Å²) in [5, 5.41) is 8.91. The van der Waals surface area contributed by atoms with E-state index in [1.165, 1.54) is 12.8 Å². The number of hydrogen-bond acceptors (Lipinski definition) is 4. The summed E-state index contributed by atoms with van der Waals surface area (Å²) in [5.74, 6) is 1.30. The van der Waals surface area contributed by atoms with Crippen LogP contribution in [-0.4, -0.2) is 63.8 Å². The fraction of sp³-hybridized carbons (Fsp3) is 0.500. The van der Waals surface area contributed by atoms with Crippen molar-refractivity contribution in [1.29, 1.82) is 0 Å². The summed E-state index contributed by atoms with van der Waals surface area (Å²) in [5.41, 5.74) is 2.99. The number of amides is 2. The number of fused-ring (bicyclic) bond motifs is 2. The second-order valence-corrected chi connectivity index (χ2v) is 9.76. The molecule has 0 spiro atoms. The zero-order chi connectivity index (χ0) is 23.7. The average Bonchev–Trinajstić information content (AvgIpc) is 3.40. The molecule has 2 aliphatic rings. The lowest BCUT2D eigenvalue weighted by Gasteiger charge is -2.30. The number of nitrogens with one attached hydrogen (secondary N) is 1. The number of likely N-dealkylation sites (tertiary alicyclic amines) is 1. The average molecular weight is 463 g/mol. The number of para-hydroxylation sites is 1. The van der Waals surface area contributed by atoms with Gasteiger partial charge in [0, 0.05) is 55.3 Å². The Kier molecular flexibility index (Phi) is 6.41. The molecule has 2 aromatic heterocycles. The van der Waals surface area contributed by atoms with Crippen molar-refractivity contribution in [2.45, 2.75) is 39.2 Å². The highest BCUT2D eigenvalue weighted by Gasteiger charge is 2.28. The van der Waals surface area contributed by atoms with Gasteiger partial charge in [-0.25, -0.2) is 4.68 Å². The van der Waals surface area contributed by atoms with E-state index < -0.39 is 0 Å². The molecule has 0 saturated carbocycles. The smallest absolute Gasteiger partial charge is 0.240 e. The van der Waals surface area contributed by atoms with Crippen LogP contribution >= 0.6 is 0 Å². The van der Waals surface area contributed by atoms with E-state index in [0.717, 1.165) is 54.1 Å². The summed E-state index contributed by atoms with van der Waals surface area (Å²) in [6, 6.07) is 10.2. The van der Waals surface area contributed by atoms with E-state index in [1.54, 1.807) is 4.90 Å². The van der Waals surface area contributed by atoms with Crippen LogP contribution < -0.4 is 10.2 Å². The summed E-state index contributed by atoms with van der Waals surface area (Å²) in [6.07, 6.45) is 5.93. The molecular formula is C26H34N6O2. The number of aryl methyl sites for hydroxylation is 2. The highest BCUT2D eigenvalue weighted by molar-refractivity contribution is 6.00. The van der Waals surface area contributed by atoms with E-state index in [-0.39, 0.29) is 18.4 Å². The van der Waals surface area contributed by atoms with Crippen LogP contribution in [0.5, 0.6) is 0 Å². The van der Waals surface area contributed by atoms with Gasteiger partial charge < -0.3 is 14.8 Å². The second kappa shape index (κ2) is 9.62. The molecule has 1 atom stereocenters. The maximum absolute atomic E-state index is 12.7. The molecule has 0 bridgehead atoms. The molecular weight excluding hydrogens is 428 g/mol. The molecule has 1 saturated heterocycles. The Morgan fingerprint density at radius 1 is 1.24 bits per heavy atom. The van der Waals surface area contributed by atoms with Gasteiger partial charge in [0.05, 0.1) is 12.2 Å². The number of anilines is 1. The topological polar surface area (TPSA) is 75.4 Å². The maximum atomic E-state index is 12.7. The van der Waals surface area contributed by atoms with Crippen LogP contribution in [0.25, 0.3) is 22.2 Å². The highest BCUT2D eigenvalue weighted by Crippen LogP contribution is 2.33. The third-order valence-electron chi connectivity index (χ3n) is 7.06. The van der Waals surface area contributed by atoms with Gasteiger partial charge in [-0.3, -0.25) is 14.5 Å². The van der Waals surface area contributed by atoms with Gasteiger partial charge in [-0.15, -0.1) is 0 Å². The molecule has 1 N–H and O–H groups in total. The van der Waals surface area contributed by atoms with E-state index in [1.807, 2.05) is 29.9 Å². The first-order valence-corrected chi connectivity index (χ1v) is 12.4. The number of piperidine rings is 1. The number of carbonyl (C=O) groups is 2. The van der Waals surface area contributed by atoms with Crippen LogP contribution in [0, 0.1) is 5.92 Å². The molecule has 8 heteroatoms. The van der Waals surface area contributed by atoms with Gasteiger partial charge >= 0.3 is 0 Å². The Morgan fingerprint density at radius 3 is 2.94 bits per heavy atom. The minimum Gasteiger partial charge on any atom is -0.354 e. The second-order valence-electron chi connectivity index (χ2n) is 9.76. The quantitative estimate of drug-likeness (QED) is 0.548. The van der Waals surface area contributed by atoms with Crippen LogP contribution in [0.2, 0.25) is 0 Å². The summed E-state index contributed by atoms with van der Waals surface area (Å²) >= 11 is 0. The molecule has 180 valence electrons. The number of carbonyl (C=O) groups excluding carboxylic acids is 2. The van der Waals surface area contributed by atoms with Gasteiger partial charge in [0.15, 0.2) is 0 Å². The van der Waals surface area contributed by atoms with Gasteiger partial charge in [0.2, 0.25) is 11.8 Å². The third kappa shape index (κ3) is 4.59. The Labute approximate surface area is 200 Å². The van der Waals surface area contributed by atoms with Gasteiger partial charge in [-0.2, -0.15) is 5.10 Å². The monoisotopic (exact) mass is 462 g/mol. The molecule has 1 aromatic carbocycles. The van der Waals surface area contributed by atoms with E-state index >= 15 is 0 Å². The molecule has 0 unspecified atom stereocenters. The number of aromatic nitrogens is 3. The Hall–Kier alpha value is -3.13. The van der Waals surface area contributed by atoms with Crippen molar-refractivity contribution in [1.82, 2.24) is 24.6 Å². The van der Waals surface area contributed by atoms with Crippen LogP contribution in [0.4, 0.5) is 5.82 Å². The van der Waals surface area contributed by atoms with Gasteiger partial charge in [-0.1, -0.05) is 25.1 Å². The molecule has 1 fully saturated rings. The van der Waals surface area contributed by atoms with E-state index in [2.05, 4.69) is 40.0 Å². The Balaban J connectivity index is 1.24. The summed E-state index contributed by atoms with van der Waals surface area (Å²) in [4.78, 5) is 29.5. The largest absolute Gasteiger partial charge is 0.354 e. The van der Waals surface area contributed by atoms with Crippen molar-refractivity contribution >= 4 is 28.5 Å². The summed E-state index contributed by atoms with van der Waals surface area (Å²) in [7, 11) is 2.02. The molecule has 2 aliphatic heterocycles. The number of benzene rings is 1. The van der Waals surface area contributed by atoms with Crippen molar-refractivity contribution in [2.24, 2.45) is 13.0 Å². The number of rotatable bonds is 7. The lowest BCUT2D eigenvalue weighted by Crippen LogP contribution is -2.45. The van der Waals surface area contributed by atoms with E-state index in [0.29, 0.717) is 25.3 Å². The first-order valence-electron chi connectivity index (χ1n) is 12.4. The molecule has 8 nitrogen and oxygen atoms in total. The zero-order valence-electron chi connectivity index (χ0n) is 20.2. The highest BCUT2D eigenvalue weighted by atomic mass is 16.2. The predicted octanol–water partition coefficient (Wildman–Crippen LogP) is 3.02. The van der Waals surface area contributed by atoms with Crippen LogP contribution in [0.1, 0.15) is 32.6 Å². The van der Waals surface area contributed by atoms with Crippen molar-refractivity contribution in [3.05, 3.63) is 36.5 Å². The van der Waals surface area contributed by atoms with Crippen LogP contribution in [0.15, 0.2) is 36.5 Å². The lowest BCUT2D eigenvalue weighted by atomic mass is 10.0. The summed E-state index contributed by atoms with van der Waals surface area (Å²) < 4.78 is 3.94. The number of nitrogens with zero attached hydrogens (tertiary/aromatic N) is 5. The molecule has 2 amide bonds. The van der Waals surface area contributed by atoms with E-state index in [4.69, 9.17) is 5.10 Å². The zero-order valence-corrected chi connectivity index (χ0v) is 20.2. The van der Waals surface area contributed by atoms with Gasteiger partial charge in [0.1, 0.15) is 12.4 Å². The maximum Gasteiger partial charge on any atom is 0.240 e. The van der Waals surface area contributed by atoms with Gasteiger partial charge in [-0.05, 0) is 44.3 Å². The first kappa shape index (κ1) is 22.7. The SMILES string of the molecule is C[C@@H]1CCCN(CCCNC(=O)CN2C(=O)CCn3nc(-c4cn(C)c5ccccc45)cc32)C1. The fourth-order valence-electron chi connectivity index (χ4n) is 5.32. The van der Waals surface area contributed by atoms with E-state index in [9.17, 15) is 9.59 Å². The van der Waals surface area contributed by atoms with Gasteiger partial charge in [0.25, 0.3) is 0 Å². The molecule has 0 radical (unpaired) electrons. The van der Waals surface area contributed by atoms with Crippen molar-refractivity contribution < 1.29 is 9.59 Å². The first-order chi connectivity index (χ1) is 16.5. The molecule has 34 heavy (non-hydrogen) atoms.